The minimum absolute atomic E-state index is 0.0126. The molecule has 1 aromatic carbocycles. The van der Waals surface area contributed by atoms with Gasteiger partial charge in [-0.2, -0.15) is 0 Å². The predicted molar refractivity (Wildman–Crippen MR) is 112 cm³/mol. The smallest absolute Gasteiger partial charge is 0.410 e. The zero-order valence-corrected chi connectivity index (χ0v) is 18.1. The zero-order valence-electron chi connectivity index (χ0n) is 17.4. The lowest BCUT2D eigenvalue weighted by Gasteiger charge is -2.39. The number of hydrogen-bond acceptors (Lipinski definition) is 6. The largest absolute Gasteiger partial charge is 0.506 e. The Morgan fingerprint density at radius 1 is 1.33 bits per heavy atom. The summed E-state index contributed by atoms with van der Waals surface area (Å²) in [5.74, 6) is -0.144. The number of nitrogens with zero attached hydrogens (tertiary/aromatic N) is 3. The third kappa shape index (κ3) is 3.86. The van der Waals surface area contributed by atoms with Crippen LogP contribution in [0.5, 0.6) is 5.75 Å². The highest BCUT2D eigenvalue weighted by atomic mass is 35.5. The summed E-state index contributed by atoms with van der Waals surface area (Å²) in [5, 5.41) is 10.1. The molecule has 0 saturated carbocycles. The van der Waals surface area contributed by atoms with E-state index in [9.17, 15) is 14.7 Å². The third-order valence-corrected chi connectivity index (χ3v) is 6.16. The first-order chi connectivity index (χ1) is 14.1. The lowest BCUT2D eigenvalue weighted by atomic mass is 9.87. The van der Waals surface area contributed by atoms with E-state index >= 15 is 0 Å². The van der Waals surface area contributed by atoms with Gasteiger partial charge in [0.05, 0.1) is 40.5 Å². The van der Waals surface area contributed by atoms with E-state index in [0.29, 0.717) is 44.5 Å². The molecule has 1 amide bonds. The summed E-state index contributed by atoms with van der Waals surface area (Å²) in [6.45, 7) is 7.03. The highest BCUT2D eigenvalue weighted by molar-refractivity contribution is 6.36. The average Bonchev–Trinajstić information content (AvgIpc) is 3.07. The van der Waals surface area contributed by atoms with Gasteiger partial charge in [0.2, 0.25) is 0 Å². The minimum Gasteiger partial charge on any atom is -0.506 e. The summed E-state index contributed by atoms with van der Waals surface area (Å²) in [6, 6.07) is 2.82. The van der Waals surface area contributed by atoms with Crippen LogP contribution in [0.4, 0.5) is 4.79 Å². The van der Waals surface area contributed by atoms with Gasteiger partial charge in [-0.15, -0.1) is 0 Å². The molecule has 1 unspecified atom stereocenters. The first-order valence-electron chi connectivity index (χ1n) is 10.1. The number of rotatable bonds is 1. The molecule has 1 N–H and O–H groups in total. The first-order valence-corrected chi connectivity index (χ1v) is 10.5. The number of hydrogen-bond donors (Lipinski definition) is 1. The van der Waals surface area contributed by atoms with Crippen LogP contribution in [-0.2, 0) is 9.47 Å². The number of carbonyl (C=O) groups is 1. The molecule has 30 heavy (non-hydrogen) atoms. The molecule has 1 aromatic heterocycles. The van der Waals surface area contributed by atoms with E-state index in [0.717, 1.165) is 0 Å². The normalized spacial score (nSPS) is 21.3. The van der Waals surface area contributed by atoms with Crippen molar-refractivity contribution in [2.45, 2.75) is 57.3 Å². The second-order valence-corrected chi connectivity index (χ2v) is 9.45. The molecule has 2 aliphatic heterocycles. The molecule has 2 aromatic rings. The van der Waals surface area contributed by atoms with E-state index < -0.39 is 5.60 Å². The number of carbonyl (C=O) groups excluding carboxylic acids is 1. The topological polar surface area (TPSA) is 93.9 Å². The van der Waals surface area contributed by atoms with Crippen molar-refractivity contribution in [3.05, 3.63) is 33.8 Å². The van der Waals surface area contributed by atoms with E-state index in [1.807, 2.05) is 20.8 Å². The van der Waals surface area contributed by atoms with Gasteiger partial charge in [0.25, 0.3) is 5.56 Å². The van der Waals surface area contributed by atoms with Gasteiger partial charge in [-0.25, -0.2) is 9.78 Å². The second kappa shape index (κ2) is 7.42. The number of likely N-dealkylation sites (tertiary alicyclic amines) is 1. The highest BCUT2D eigenvalue weighted by Crippen LogP contribution is 2.40. The van der Waals surface area contributed by atoms with E-state index in [4.69, 9.17) is 21.1 Å². The molecule has 8 nitrogen and oxygen atoms in total. The highest BCUT2D eigenvalue weighted by Gasteiger charge is 2.44. The van der Waals surface area contributed by atoms with Crippen molar-refractivity contribution in [1.29, 1.82) is 0 Å². The number of ether oxygens (including phenoxy) is 2. The summed E-state index contributed by atoms with van der Waals surface area (Å²) in [6.07, 6.45) is 3.22. The Morgan fingerprint density at radius 2 is 2.03 bits per heavy atom. The van der Waals surface area contributed by atoms with Crippen molar-refractivity contribution in [1.82, 2.24) is 14.5 Å². The van der Waals surface area contributed by atoms with Crippen LogP contribution in [-0.4, -0.2) is 56.5 Å². The van der Waals surface area contributed by atoms with Crippen molar-refractivity contribution in [3.63, 3.8) is 0 Å². The van der Waals surface area contributed by atoms with E-state index in [-0.39, 0.29) is 39.5 Å². The number of amides is 1. The molecular formula is C21H26ClN3O5. The lowest BCUT2D eigenvalue weighted by Crippen LogP contribution is -2.48. The summed E-state index contributed by atoms with van der Waals surface area (Å²) >= 11 is 6.16. The summed E-state index contributed by atoms with van der Waals surface area (Å²) in [7, 11) is 0. The van der Waals surface area contributed by atoms with Crippen molar-refractivity contribution in [2.75, 3.05) is 19.7 Å². The maximum atomic E-state index is 13.0. The van der Waals surface area contributed by atoms with Gasteiger partial charge >= 0.3 is 6.09 Å². The predicted octanol–water partition coefficient (Wildman–Crippen LogP) is 3.49. The Kier molecular flexibility index (Phi) is 5.18. The maximum absolute atomic E-state index is 13.0. The van der Waals surface area contributed by atoms with Crippen LogP contribution in [0.1, 0.15) is 46.1 Å². The number of halogens is 1. The molecule has 2 saturated heterocycles. The minimum atomic E-state index is -0.527. The van der Waals surface area contributed by atoms with Crippen LogP contribution in [0.15, 0.2) is 23.3 Å². The number of aromatic nitrogens is 2. The van der Waals surface area contributed by atoms with Crippen LogP contribution in [0.3, 0.4) is 0 Å². The molecule has 0 radical (unpaired) electrons. The van der Waals surface area contributed by atoms with Crippen LogP contribution in [0.2, 0.25) is 5.02 Å². The number of aromatic hydroxyl groups is 1. The Morgan fingerprint density at radius 3 is 2.70 bits per heavy atom. The molecule has 0 bridgehead atoms. The van der Waals surface area contributed by atoms with Crippen molar-refractivity contribution < 1.29 is 19.4 Å². The molecule has 2 aliphatic rings. The van der Waals surface area contributed by atoms with Gasteiger partial charge in [0, 0.05) is 13.1 Å². The Bertz CT molecular complexity index is 1040. The standard InChI is InChI=1S/C21H26ClN3O5/c1-20(2,3)30-19(28)24-8-6-21(7-9-24)10-13(11-29-21)25-12-23-14-4-5-15(26)17(22)16(14)18(25)27/h4-5,12-13,26H,6-11H2,1-3H3. The molecule has 4 rings (SSSR count). The lowest BCUT2D eigenvalue weighted by molar-refractivity contribution is -0.0486. The molecule has 1 atom stereocenters. The van der Waals surface area contributed by atoms with Crippen molar-refractivity contribution >= 4 is 28.6 Å². The van der Waals surface area contributed by atoms with Gasteiger partial charge in [0.15, 0.2) is 0 Å². The quantitative estimate of drug-likeness (QED) is 0.736. The Balaban J connectivity index is 1.49. The molecule has 162 valence electrons. The molecule has 0 aliphatic carbocycles. The van der Waals surface area contributed by atoms with Crippen LogP contribution in [0, 0.1) is 0 Å². The fraction of sp³-hybridized carbons (Fsp3) is 0.571. The van der Waals surface area contributed by atoms with E-state index in [2.05, 4.69) is 4.98 Å². The first kappa shape index (κ1) is 20.9. The molecule has 1 spiro atoms. The number of phenolic OH excluding ortho intramolecular Hbond substituents is 1. The van der Waals surface area contributed by atoms with Crippen molar-refractivity contribution in [3.8, 4) is 5.75 Å². The summed E-state index contributed by atoms with van der Waals surface area (Å²) in [4.78, 5) is 31.4. The SMILES string of the molecule is CC(C)(C)OC(=O)N1CCC2(CC1)CC(n1cnc3ccc(O)c(Cl)c3c1=O)CO2. The fourth-order valence-corrected chi connectivity index (χ4v) is 4.44. The number of fused-ring (bicyclic) bond motifs is 1. The second-order valence-electron chi connectivity index (χ2n) is 9.07. The molecular weight excluding hydrogens is 410 g/mol. The Labute approximate surface area is 179 Å². The zero-order chi connectivity index (χ0) is 21.7. The van der Waals surface area contributed by atoms with E-state index in [1.54, 1.807) is 15.5 Å². The number of phenols is 1. The monoisotopic (exact) mass is 435 g/mol. The summed E-state index contributed by atoms with van der Waals surface area (Å²) < 4.78 is 13.1. The number of piperidine rings is 1. The van der Waals surface area contributed by atoms with Crippen LogP contribution >= 0.6 is 11.6 Å². The molecule has 2 fully saturated rings. The maximum Gasteiger partial charge on any atom is 0.410 e. The van der Waals surface area contributed by atoms with E-state index in [1.165, 1.54) is 12.4 Å². The van der Waals surface area contributed by atoms with Gasteiger partial charge < -0.3 is 19.5 Å². The average molecular weight is 436 g/mol. The van der Waals surface area contributed by atoms with Gasteiger partial charge in [0.1, 0.15) is 11.4 Å². The molecule has 3 heterocycles. The van der Waals surface area contributed by atoms with Crippen LogP contribution < -0.4 is 5.56 Å². The van der Waals surface area contributed by atoms with Gasteiger partial charge in [-0.05, 0) is 52.2 Å². The number of benzene rings is 1. The third-order valence-electron chi connectivity index (χ3n) is 5.78. The van der Waals surface area contributed by atoms with Gasteiger partial charge in [-0.1, -0.05) is 11.6 Å². The summed E-state index contributed by atoms with van der Waals surface area (Å²) in [5.41, 5.74) is -0.752. The van der Waals surface area contributed by atoms with Crippen molar-refractivity contribution in [2.24, 2.45) is 0 Å². The Hall–Kier alpha value is -2.32. The van der Waals surface area contributed by atoms with Gasteiger partial charge in [-0.3, -0.25) is 9.36 Å². The molecule has 9 heteroatoms. The van der Waals surface area contributed by atoms with Crippen LogP contribution in [0.25, 0.3) is 10.9 Å². The fourth-order valence-electron chi connectivity index (χ4n) is 4.20.